The summed E-state index contributed by atoms with van der Waals surface area (Å²) in [7, 11) is 0. The Morgan fingerprint density at radius 2 is 1.08 bits per heavy atom. The van der Waals surface area contributed by atoms with Crippen LogP contribution in [0.2, 0.25) is 0 Å². The van der Waals surface area contributed by atoms with E-state index in [-0.39, 0.29) is 11.8 Å². The quantitative estimate of drug-likeness (QED) is 0.217. The van der Waals surface area contributed by atoms with Gasteiger partial charge in [-0.25, -0.2) is 0 Å². The van der Waals surface area contributed by atoms with Gasteiger partial charge in [0.15, 0.2) is 0 Å². The summed E-state index contributed by atoms with van der Waals surface area (Å²) in [6.07, 6.45) is -7.85. The van der Waals surface area contributed by atoms with Crippen LogP contribution in [0, 0.1) is 0 Å². The van der Waals surface area contributed by atoms with Crippen molar-refractivity contribution in [2.45, 2.75) is 76.3 Å². The predicted molar refractivity (Wildman–Crippen MR) is 138 cm³/mol. The minimum Gasteiger partial charge on any atom is -0.155 e. The third kappa shape index (κ3) is 3.88. The van der Waals surface area contributed by atoms with Gasteiger partial charge in [-0.2, -0.15) is 26.3 Å². The van der Waals surface area contributed by atoms with Gasteiger partial charge < -0.3 is 0 Å². The number of halogens is 6. The summed E-state index contributed by atoms with van der Waals surface area (Å²) < 4.78 is 81.2. The zero-order chi connectivity index (χ0) is 27.5. The van der Waals surface area contributed by atoms with Gasteiger partial charge >= 0.3 is 12.6 Å². The smallest absolute Gasteiger partial charge is 0.155 e. The molecule has 3 aromatic carbocycles. The summed E-state index contributed by atoms with van der Waals surface area (Å²) in [5.74, 6) is 0. The first kappa shape index (κ1) is 26.8. The molecule has 0 bridgehead atoms. The first-order valence-electron chi connectivity index (χ1n) is 13.2. The summed E-state index contributed by atoms with van der Waals surface area (Å²) in [6.45, 7) is 4.90. The molecule has 2 aliphatic carbocycles. The second-order valence-corrected chi connectivity index (χ2v) is 10.8. The highest BCUT2D eigenvalue weighted by atomic mass is 19.4. The molecule has 38 heavy (non-hydrogen) atoms. The molecule has 1 atom stereocenters. The average molecular weight is 532 g/mol. The normalized spacial score (nSPS) is 19.3. The molecule has 7 heteroatoms. The topological polar surface area (TPSA) is 3.24 Å². The van der Waals surface area contributed by atoms with Crippen molar-refractivity contribution in [3.05, 3.63) is 82.9 Å². The van der Waals surface area contributed by atoms with Crippen molar-refractivity contribution in [1.82, 2.24) is 4.90 Å². The Hall–Kier alpha value is -2.80. The van der Waals surface area contributed by atoms with E-state index in [0.29, 0.717) is 0 Å². The van der Waals surface area contributed by atoms with E-state index in [9.17, 15) is 26.3 Å². The average Bonchev–Trinajstić information content (AvgIpc) is 3.26. The largest absolute Gasteiger partial charge is 0.467 e. The lowest BCUT2D eigenvalue weighted by atomic mass is 9.65. The Kier molecular flexibility index (Phi) is 6.45. The lowest BCUT2D eigenvalue weighted by Crippen LogP contribution is -2.49. The van der Waals surface area contributed by atoms with Crippen molar-refractivity contribution >= 4 is 0 Å². The van der Waals surface area contributed by atoms with Crippen LogP contribution in [0.4, 0.5) is 26.3 Å². The lowest BCUT2D eigenvalue weighted by Gasteiger charge is -2.38. The Morgan fingerprint density at radius 1 is 0.605 bits per heavy atom. The van der Waals surface area contributed by atoms with Crippen molar-refractivity contribution in [3.8, 4) is 22.3 Å². The summed E-state index contributed by atoms with van der Waals surface area (Å²) in [4.78, 5) is -1.28. The standard InChI is InChI=1S/C31H31F6N/c1-4-16-29(17-5-2)25-13-9-7-11-21(25)23-15-14-22-20-10-6-8-12-24(20)28(3,26(22)27(23)29)18-19-38(30(32,33)34)31(35,36)37/h6-15H,4-5,16-19H2,1-3H3. The number of alkyl halides is 6. The van der Waals surface area contributed by atoms with Crippen LogP contribution >= 0.6 is 0 Å². The molecule has 0 saturated heterocycles. The van der Waals surface area contributed by atoms with E-state index >= 15 is 0 Å². The van der Waals surface area contributed by atoms with Gasteiger partial charge in [0.1, 0.15) is 0 Å². The van der Waals surface area contributed by atoms with Crippen LogP contribution in [-0.4, -0.2) is 24.0 Å². The van der Waals surface area contributed by atoms with Crippen molar-refractivity contribution in [2.24, 2.45) is 0 Å². The molecule has 3 aromatic rings. The summed E-state index contributed by atoms with van der Waals surface area (Å²) in [5, 5.41) is 0. The fourth-order valence-electron chi connectivity index (χ4n) is 7.22. The van der Waals surface area contributed by atoms with E-state index in [1.54, 1.807) is 0 Å². The van der Waals surface area contributed by atoms with Crippen LogP contribution in [0.1, 0.15) is 75.1 Å². The van der Waals surface area contributed by atoms with Gasteiger partial charge in [-0.05, 0) is 63.8 Å². The van der Waals surface area contributed by atoms with Crippen LogP contribution in [0.3, 0.4) is 0 Å². The maximum atomic E-state index is 13.5. The van der Waals surface area contributed by atoms with Gasteiger partial charge in [-0.15, -0.1) is 4.90 Å². The summed E-state index contributed by atoms with van der Waals surface area (Å²) in [6, 6.07) is 19.8. The fraction of sp³-hybridized carbons (Fsp3) is 0.419. The molecule has 5 rings (SSSR count). The number of rotatable bonds is 7. The monoisotopic (exact) mass is 531 g/mol. The number of benzene rings is 3. The highest BCUT2D eigenvalue weighted by molar-refractivity contribution is 5.91. The Morgan fingerprint density at radius 3 is 1.61 bits per heavy atom. The van der Waals surface area contributed by atoms with Crippen LogP contribution in [0.5, 0.6) is 0 Å². The van der Waals surface area contributed by atoms with Gasteiger partial charge in [0.25, 0.3) is 0 Å². The zero-order valence-electron chi connectivity index (χ0n) is 21.7. The minimum absolute atomic E-state index is 0.322. The Labute approximate surface area is 219 Å². The molecule has 0 fully saturated rings. The van der Waals surface area contributed by atoms with Crippen LogP contribution in [0.15, 0.2) is 60.7 Å². The molecule has 0 saturated carbocycles. The van der Waals surface area contributed by atoms with E-state index in [4.69, 9.17) is 0 Å². The fourth-order valence-corrected chi connectivity index (χ4v) is 7.22. The van der Waals surface area contributed by atoms with Crippen LogP contribution < -0.4 is 0 Å². The van der Waals surface area contributed by atoms with Crippen molar-refractivity contribution in [3.63, 3.8) is 0 Å². The van der Waals surface area contributed by atoms with Crippen molar-refractivity contribution < 1.29 is 26.3 Å². The molecule has 0 aliphatic heterocycles. The SMILES string of the molecule is CCCC1(CCC)c2ccccc2-c2ccc3c(c21)C(C)(CCN(C(F)(F)F)C(F)(F)F)c1ccccc1-3. The van der Waals surface area contributed by atoms with Gasteiger partial charge in [0, 0.05) is 17.4 Å². The van der Waals surface area contributed by atoms with Gasteiger partial charge in [0.05, 0.1) is 0 Å². The molecule has 0 heterocycles. The van der Waals surface area contributed by atoms with Gasteiger partial charge in [0.2, 0.25) is 0 Å². The summed E-state index contributed by atoms with van der Waals surface area (Å²) in [5.41, 5.74) is 6.54. The number of fused-ring (bicyclic) bond motifs is 7. The molecule has 0 amide bonds. The molecule has 1 unspecified atom stereocenters. The van der Waals surface area contributed by atoms with Crippen molar-refractivity contribution in [2.75, 3.05) is 6.54 Å². The van der Waals surface area contributed by atoms with E-state index in [1.807, 2.05) is 49.4 Å². The summed E-state index contributed by atoms with van der Waals surface area (Å²) >= 11 is 0. The van der Waals surface area contributed by atoms with Crippen molar-refractivity contribution in [1.29, 1.82) is 0 Å². The Bertz CT molecular complexity index is 1340. The Balaban J connectivity index is 1.77. The number of hydrogen-bond donors (Lipinski definition) is 0. The first-order chi connectivity index (χ1) is 17.9. The lowest BCUT2D eigenvalue weighted by molar-refractivity contribution is -0.373. The minimum atomic E-state index is -5.52. The van der Waals surface area contributed by atoms with Crippen LogP contribution in [-0.2, 0) is 10.8 Å². The number of hydrogen-bond acceptors (Lipinski definition) is 1. The maximum Gasteiger partial charge on any atom is 0.467 e. The first-order valence-corrected chi connectivity index (χ1v) is 13.2. The van der Waals surface area contributed by atoms with E-state index in [2.05, 4.69) is 32.0 Å². The molecule has 2 aliphatic rings. The highest BCUT2D eigenvalue weighted by Gasteiger charge is 2.55. The van der Waals surface area contributed by atoms with Crippen LogP contribution in [0.25, 0.3) is 22.3 Å². The highest BCUT2D eigenvalue weighted by Crippen LogP contribution is 2.62. The van der Waals surface area contributed by atoms with E-state index in [1.165, 1.54) is 5.56 Å². The van der Waals surface area contributed by atoms with E-state index < -0.39 is 29.5 Å². The second kappa shape index (κ2) is 9.15. The third-order valence-corrected chi connectivity index (χ3v) is 8.58. The molecule has 0 radical (unpaired) electrons. The molecule has 0 N–H and O–H groups in total. The van der Waals surface area contributed by atoms with E-state index in [0.717, 1.165) is 64.6 Å². The molecular weight excluding hydrogens is 500 g/mol. The zero-order valence-corrected chi connectivity index (χ0v) is 21.7. The number of nitrogens with zero attached hydrogens (tertiary/aromatic N) is 1. The third-order valence-electron chi connectivity index (χ3n) is 8.58. The molecular formula is C31H31F6N. The molecule has 0 spiro atoms. The second-order valence-electron chi connectivity index (χ2n) is 10.8. The molecule has 202 valence electrons. The maximum absolute atomic E-state index is 13.5. The van der Waals surface area contributed by atoms with Gasteiger partial charge in [-0.3, -0.25) is 0 Å². The predicted octanol–water partition coefficient (Wildman–Crippen LogP) is 9.57. The molecule has 0 aromatic heterocycles. The molecule has 1 nitrogen and oxygen atoms in total. The van der Waals surface area contributed by atoms with Gasteiger partial charge in [-0.1, -0.05) is 94.3 Å².